The van der Waals surface area contributed by atoms with Gasteiger partial charge in [0.1, 0.15) is 11.5 Å². The monoisotopic (exact) mass is 237 g/mol. The Morgan fingerprint density at radius 3 is 2.41 bits per heavy atom. The van der Waals surface area contributed by atoms with Crippen LogP contribution in [0.2, 0.25) is 0 Å². The first-order valence-corrected chi connectivity index (χ1v) is 5.90. The maximum Gasteiger partial charge on any atom is 0.131 e. The molecule has 0 aromatic heterocycles. The van der Waals surface area contributed by atoms with Gasteiger partial charge in [0.15, 0.2) is 0 Å². The van der Waals surface area contributed by atoms with Gasteiger partial charge >= 0.3 is 0 Å². The predicted molar refractivity (Wildman–Crippen MR) is 70.6 cm³/mol. The lowest BCUT2D eigenvalue weighted by molar-refractivity contribution is 0.0835. The van der Waals surface area contributed by atoms with Gasteiger partial charge in [0.05, 0.1) is 12.0 Å². The molecule has 0 heterocycles. The van der Waals surface area contributed by atoms with Crippen molar-refractivity contribution in [2.45, 2.75) is 39.5 Å². The number of hydrogen-bond donors (Lipinski definition) is 1. The van der Waals surface area contributed by atoms with Crippen molar-refractivity contribution in [1.82, 2.24) is 0 Å². The second-order valence-corrected chi connectivity index (χ2v) is 3.96. The lowest BCUT2D eigenvalue weighted by Crippen LogP contribution is -2.29. The van der Waals surface area contributed by atoms with Crippen LogP contribution in [0, 0.1) is 17.8 Å². The molecule has 1 atom stereocenters. The fraction of sp³-hybridized carbons (Fsp3) is 0.571. The molecule has 1 unspecified atom stereocenters. The van der Waals surface area contributed by atoms with Crippen molar-refractivity contribution in [2.24, 2.45) is 11.3 Å². The molecular weight excluding hydrogens is 214 g/mol. The molecule has 0 aliphatic carbocycles. The molecular formula is C14H23NO2. The highest BCUT2D eigenvalue weighted by atomic mass is 16.6. The first-order valence-electron chi connectivity index (χ1n) is 5.90. The van der Waals surface area contributed by atoms with Crippen molar-refractivity contribution in [2.75, 3.05) is 6.61 Å². The third-order valence-corrected chi connectivity index (χ3v) is 2.89. The first-order chi connectivity index (χ1) is 8.08. The van der Waals surface area contributed by atoms with Crippen molar-refractivity contribution in [3.8, 4) is 12.3 Å². The van der Waals surface area contributed by atoms with Crippen molar-refractivity contribution < 1.29 is 9.57 Å². The van der Waals surface area contributed by atoms with Gasteiger partial charge < -0.3 is 9.57 Å². The van der Waals surface area contributed by atoms with Crippen LogP contribution < -0.4 is 5.90 Å². The maximum absolute atomic E-state index is 5.49. The Labute approximate surface area is 105 Å². The van der Waals surface area contributed by atoms with Crippen LogP contribution >= 0.6 is 0 Å². The van der Waals surface area contributed by atoms with Gasteiger partial charge in [-0.1, -0.05) is 32.9 Å². The fourth-order valence-electron chi connectivity index (χ4n) is 1.80. The quantitative estimate of drug-likeness (QED) is 0.380. The van der Waals surface area contributed by atoms with Crippen LogP contribution in [0.25, 0.3) is 0 Å². The van der Waals surface area contributed by atoms with Crippen molar-refractivity contribution in [3.63, 3.8) is 0 Å². The van der Waals surface area contributed by atoms with E-state index in [1.807, 2.05) is 6.92 Å². The van der Waals surface area contributed by atoms with Crippen LogP contribution in [0.4, 0.5) is 0 Å². The van der Waals surface area contributed by atoms with Gasteiger partial charge in [-0.15, -0.1) is 12.3 Å². The minimum Gasteiger partial charge on any atom is -0.498 e. The average Bonchev–Trinajstić information content (AvgIpc) is 2.33. The van der Waals surface area contributed by atoms with Gasteiger partial charge in [-0.05, 0) is 13.3 Å². The SMILES string of the molecule is C#CCC(CCCC)(C(=C)ON)C(=C)OCC. The topological polar surface area (TPSA) is 44.5 Å². The van der Waals surface area contributed by atoms with E-state index in [2.05, 4.69) is 26.0 Å². The van der Waals surface area contributed by atoms with Gasteiger partial charge in [-0.25, -0.2) is 0 Å². The zero-order chi connectivity index (χ0) is 13.3. The van der Waals surface area contributed by atoms with E-state index in [0.717, 1.165) is 19.3 Å². The Kier molecular flexibility index (Phi) is 7.16. The van der Waals surface area contributed by atoms with Gasteiger partial charge in [0, 0.05) is 6.42 Å². The zero-order valence-corrected chi connectivity index (χ0v) is 10.9. The average molecular weight is 237 g/mol. The van der Waals surface area contributed by atoms with Crippen LogP contribution in [-0.4, -0.2) is 6.61 Å². The lowest BCUT2D eigenvalue weighted by atomic mass is 9.76. The summed E-state index contributed by atoms with van der Waals surface area (Å²) in [7, 11) is 0. The third-order valence-electron chi connectivity index (χ3n) is 2.89. The molecule has 17 heavy (non-hydrogen) atoms. The van der Waals surface area contributed by atoms with E-state index in [-0.39, 0.29) is 0 Å². The number of nitrogens with two attached hydrogens (primary N) is 1. The normalized spacial score (nSPS) is 13.3. The van der Waals surface area contributed by atoms with E-state index in [1.165, 1.54) is 0 Å². The van der Waals surface area contributed by atoms with Gasteiger partial charge in [0.25, 0.3) is 0 Å². The Morgan fingerprint density at radius 2 is 2.00 bits per heavy atom. The molecule has 0 saturated carbocycles. The molecule has 0 spiro atoms. The minimum atomic E-state index is -0.574. The van der Waals surface area contributed by atoms with Crippen molar-refractivity contribution in [3.05, 3.63) is 24.7 Å². The van der Waals surface area contributed by atoms with Crippen LogP contribution in [0.5, 0.6) is 0 Å². The Morgan fingerprint density at radius 1 is 1.35 bits per heavy atom. The van der Waals surface area contributed by atoms with Crippen LogP contribution in [-0.2, 0) is 9.57 Å². The fourth-order valence-corrected chi connectivity index (χ4v) is 1.80. The van der Waals surface area contributed by atoms with E-state index < -0.39 is 5.41 Å². The molecule has 0 aromatic carbocycles. The molecule has 0 radical (unpaired) electrons. The van der Waals surface area contributed by atoms with E-state index in [9.17, 15) is 0 Å². The second-order valence-electron chi connectivity index (χ2n) is 3.96. The molecule has 96 valence electrons. The number of rotatable bonds is 9. The molecule has 0 amide bonds. The molecule has 0 bridgehead atoms. The summed E-state index contributed by atoms with van der Waals surface area (Å²) in [5.74, 6) is 8.87. The van der Waals surface area contributed by atoms with Crippen LogP contribution in [0.15, 0.2) is 24.7 Å². The number of ether oxygens (including phenoxy) is 1. The van der Waals surface area contributed by atoms with Gasteiger partial charge in [0.2, 0.25) is 0 Å². The summed E-state index contributed by atoms with van der Waals surface area (Å²) in [6, 6.07) is 0. The first kappa shape index (κ1) is 15.6. The summed E-state index contributed by atoms with van der Waals surface area (Å²) < 4.78 is 5.49. The molecule has 2 N–H and O–H groups in total. The highest BCUT2D eigenvalue weighted by molar-refractivity contribution is 5.22. The number of unbranched alkanes of at least 4 members (excludes halogenated alkanes) is 1. The van der Waals surface area contributed by atoms with Crippen LogP contribution in [0.1, 0.15) is 39.5 Å². The third kappa shape index (κ3) is 3.83. The summed E-state index contributed by atoms with van der Waals surface area (Å²) in [5, 5.41) is 0. The summed E-state index contributed by atoms with van der Waals surface area (Å²) in [6.07, 6.45) is 8.67. The Balaban J connectivity index is 5.16. The smallest absolute Gasteiger partial charge is 0.131 e. The van der Waals surface area contributed by atoms with E-state index >= 15 is 0 Å². The summed E-state index contributed by atoms with van der Waals surface area (Å²) >= 11 is 0. The maximum atomic E-state index is 5.49. The zero-order valence-electron chi connectivity index (χ0n) is 10.9. The van der Waals surface area contributed by atoms with Gasteiger partial charge in [-0.2, -0.15) is 5.90 Å². The standard InChI is InChI=1S/C14H23NO2/c1-6-9-11-14(10-7-2,13(5)17-15)12(4)16-8-3/h2H,4-6,8-11,15H2,1,3H3. The summed E-state index contributed by atoms with van der Waals surface area (Å²) in [5.41, 5.74) is -0.574. The van der Waals surface area contributed by atoms with Crippen molar-refractivity contribution in [1.29, 1.82) is 0 Å². The molecule has 3 nitrogen and oxygen atoms in total. The van der Waals surface area contributed by atoms with E-state index in [4.69, 9.17) is 21.9 Å². The van der Waals surface area contributed by atoms with Crippen molar-refractivity contribution >= 4 is 0 Å². The molecule has 0 aromatic rings. The Bertz CT molecular complexity index is 304. The molecule has 3 heteroatoms. The van der Waals surface area contributed by atoms with E-state index in [0.29, 0.717) is 24.5 Å². The van der Waals surface area contributed by atoms with Gasteiger partial charge in [-0.3, -0.25) is 0 Å². The number of terminal acetylenes is 1. The summed E-state index contributed by atoms with van der Waals surface area (Å²) in [4.78, 5) is 4.80. The van der Waals surface area contributed by atoms with E-state index in [1.54, 1.807) is 0 Å². The van der Waals surface area contributed by atoms with Crippen LogP contribution in [0.3, 0.4) is 0 Å². The lowest BCUT2D eigenvalue weighted by Gasteiger charge is -2.33. The molecule has 0 aliphatic rings. The molecule has 0 saturated heterocycles. The highest BCUT2D eigenvalue weighted by Crippen LogP contribution is 2.42. The molecule has 0 rings (SSSR count). The summed E-state index contributed by atoms with van der Waals surface area (Å²) in [6.45, 7) is 12.3. The Hall–Kier alpha value is -1.40. The predicted octanol–water partition coefficient (Wildman–Crippen LogP) is 3.14. The number of hydrogen-bond acceptors (Lipinski definition) is 3. The highest BCUT2D eigenvalue weighted by Gasteiger charge is 2.38. The largest absolute Gasteiger partial charge is 0.498 e. The minimum absolute atomic E-state index is 0.419. The molecule has 0 aliphatic heterocycles. The second kappa shape index (κ2) is 7.81. The molecule has 0 fully saturated rings.